The Kier molecular flexibility index (Phi) is 5.26. The Morgan fingerprint density at radius 1 is 1.04 bits per heavy atom. The van der Waals surface area contributed by atoms with Gasteiger partial charge in [0.25, 0.3) is 0 Å². The highest BCUT2D eigenvalue weighted by molar-refractivity contribution is 5.85. The highest BCUT2D eigenvalue weighted by atomic mass is 35.5. The van der Waals surface area contributed by atoms with Crippen LogP contribution in [0.4, 0.5) is 0 Å². The summed E-state index contributed by atoms with van der Waals surface area (Å²) < 4.78 is 0. The summed E-state index contributed by atoms with van der Waals surface area (Å²) in [6.45, 7) is 7.40. The van der Waals surface area contributed by atoms with Gasteiger partial charge in [-0.05, 0) is 85.4 Å². The zero-order chi connectivity index (χ0) is 17.1. The number of nitrogens with two attached hydrogens (primary N) is 1. The highest BCUT2D eigenvalue weighted by Gasteiger charge is 2.62. The van der Waals surface area contributed by atoms with Crippen molar-refractivity contribution in [1.82, 2.24) is 0 Å². The fourth-order valence-corrected chi connectivity index (χ4v) is 8.45. The van der Waals surface area contributed by atoms with Crippen molar-refractivity contribution < 1.29 is 4.79 Å². The average molecular weight is 368 g/mol. The van der Waals surface area contributed by atoms with E-state index in [0.29, 0.717) is 5.41 Å². The lowest BCUT2D eigenvalue weighted by Gasteiger charge is -2.61. The van der Waals surface area contributed by atoms with Crippen molar-refractivity contribution >= 4 is 18.3 Å². The van der Waals surface area contributed by atoms with Gasteiger partial charge in [-0.15, -0.1) is 12.4 Å². The topological polar surface area (TPSA) is 43.1 Å². The van der Waals surface area contributed by atoms with Crippen LogP contribution in [0.1, 0.15) is 85.0 Å². The van der Waals surface area contributed by atoms with E-state index in [1.807, 2.05) is 0 Å². The van der Waals surface area contributed by atoms with E-state index in [0.717, 1.165) is 36.0 Å². The molecule has 2 unspecified atom stereocenters. The van der Waals surface area contributed by atoms with Crippen LogP contribution in [0.15, 0.2) is 0 Å². The molecular weight excluding hydrogens is 330 g/mol. The molecule has 0 aliphatic heterocycles. The summed E-state index contributed by atoms with van der Waals surface area (Å²) in [5, 5.41) is 0. The van der Waals surface area contributed by atoms with Crippen LogP contribution in [-0.2, 0) is 4.79 Å². The second kappa shape index (κ2) is 6.73. The van der Waals surface area contributed by atoms with Gasteiger partial charge in [-0.1, -0.05) is 40.0 Å². The number of hydrogen-bond acceptors (Lipinski definition) is 1. The normalized spacial score (nSPS) is 51.6. The lowest BCUT2D eigenvalue weighted by Crippen LogP contribution is -2.54. The van der Waals surface area contributed by atoms with E-state index in [4.69, 9.17) is 5.73 Å². The second-order valence-electron chi connectivity index (χ2n) is 10.2. The summed E-state index contributed by atoms with van der Waals surface area (Å²) in [5.41, 5.74) is 6.64. The van der Waals surface area contributed by atoms with Gasteiger partial charge >= 0.3 is 0 Å². The van der Waals surface area contributed by atoms with Crippen LogP contribution >= 0.6 is 12.4 Å². The second-order valence-corrected chi connectivity index (χ2v) is 10.2. The summed E-state index contributed by atoms with van der Waals surface area (Å²) in [6, 6.07) is 0. The van der Waals surface area contributed by atoms with Gasteiger partial charge in [0.05, 0.1) is 0 Å². The van der Waals surface area contributed by atoms with E-state index >= 15 is 0 Å². The third kappa shape index (κ3) is 2.68. The predicted molar refractivity (Wildman–Crippen MR) is 105 cm³/mol. The maximum absolute atomic E-state index is 12.2. The molecule has 0 saturated heterocycles. The van der Waals surface area contributed by atoms with Crippen molar-refractivity contribution in [3.05, 3.63) is 0 Å². The van der Waals surface area contributed by atoms with Gasteiger partial charge in [0.15, 0.2) is 0 Å². The van der Waals surface area contributed by atoms with E-state index in [1.54, 1.807) is 0 Å². The van der Waals surface area contributed by atoms with Gasteiger partial charge in [0.1, 0.15) is 0 Å². The van der Waals surface area contributed by atoms with Crippen LogP contribution < -0.4 is 5.73 Å². The van der Waals surface area contributed by atoms with Gasteiger partial charge in [-0.25, -0.2) is 0 Å². The molecule has 0 spiro atoms. The first-order chi connectivity index (χ1) is 11.4. The number of rotatable bonds is 2. The monoisotopic (exact) mass is 367 g/mol. The third-order valence-electron chi connectivity index (χ3n) is 9.59. The molecule has 2 N–H and O–H groups in total. The maximum Gasteiger partial charge on any atom is 0.221 e. The zero-order valence-corrected chi connectivity index (χ0v) is 17.2. The number of fused-ring (bicyclic) bond motifs is 5. The molecule has 2 nitrogen and oxygen atoms in total. The SMILES string of the molecule is CCC1CC(C(N)=O)[C@@]2(C)CC[C@H]3[C@@H](CC[C@H]4CCCC[C@@]43C)[C@H]12.Cl. The Hall–Kier alpha value is -0.240. The molecule has 0 aromatic carbocycles. The van der Waals surface area contributed by atoms with Crippen molar-refractivity contribution in [3.8, 4) is 0 Å². The Bertz CT molecular complexity index is 522. The van der Waals surface area contributed by atoms with Gasteiger partial charge < -0.3 is 5.73 Å². The van der Waals surface area contributed by atoms with Crippen LogP contribution in [0.5, 0.6) is 0 Å². The first kappa shape index (κ1) is 19.5. The molecule has 25 heavy (non-hydrogen) atoms. The van der Waals surface area contributed by atoms with E-state index in [9.17, 15) is 4.79 Å². The van der Waals surface area contributed by atoms with Crippen LogP contribution in [0.2, 0.25) is 0 Å². The summed E-state index contributed by atoms with van der Waals surface area (Å²) in [6.07, 6.45) is 13.6. The minimum absolute atomic E-state index is 0. The van der Waals surface area contributed by atoms with Crippen LogP contribution in [0, 0.1) is 46.3 Å². The molecule has 1 amide bonds. The van der Waals surface area contributed by atoms with E-state index in [1.165, 1.54) is 57.8 Å². The fraction of sp³-hybridized carbons (Fsp3) is 0.955. The minimum Gasteiger partial charge on any atom is -0.369 e. The fourth-order valence-electron chi connectivity index (χ4n) is 8.45. The molecule has 0 bridgehead atoms. The van der Waals surface area contributed by atoms with Gasteiger partial charge in [0.2, 0.25) is 5.91 Å². The van der Waals surface area contributed by atoms with Crippen molar-refractivity contribution in [1.29, 1.82) is 0 Å². The van der Waals surface area contributed by atoms with Crippen LogP contribution in [0.25, 0.3) is 0 Å². The predicted octanol–water partition coefficient (Wildman–Crippen LogP) is 5.58. The van der Waals surface area contributed by atoms with Crippen molar-refractivity contribution in [3.63, 3.8) is 0 Å². The first-order valence-electron chi connectivity index (χ1n) is 10.7. The molecule has 4 aliphatic carbocycles. The molecule has 4 rings (SSSR count). The smallest absolute Gasteiger partial charge is 0.221 e. The van der Waals surface area contributed by atoms with Crippen molar-refractivity contribution in [2.45, 2.75) is 85.0 Å². The number of carbonyl (C=O) groups excluding carboxylic acids is 1. The van der Waals surface area contributed by atoms with Crippen LogP contribution in [-0.4, -0.2) is 5.91 Å². The molecule has 4 aliphatic rings. The van der Waals surface area contributed by atoms with E-state index in [2.05, 4.69) is 20.8 Å². The maximum atomic E-state index is 12.2. The minimum atomic E-state index is -0.0190. The number of hydrogen-bond donors (Lipinski definition) is 1. The Labute approximate surface area is 160 Å². The Morgan fingerprint density at radius 2 is 1.80 bits per heavy atom. The lowest BCUT2D eigenvalue weighted by molar-refractivity contribution is -0.136. The molecule has 0 aromatic rings. The third-order valence-corrected chi connectivity index (χ3v) is 9.59. The number of carbonyl (C=O) groups is 1. The quantitative estimate of drug-likeness (QED) is 0.680. The molecule has 0 aromatic heterocycles. The molecule has 0 heterocycles. The van der Waals surface area contributed by atoms with E-state index in [-0.39, 0.29) is 29.6 Å². The lowest BCUT2D eigenvalue weighted by atomic mass is 9.44. The summed E-state index contributed by atoms with van der Waals surface area (Å²) in [4.78, 5) is 12.2. The zero-order valence-electron chi connectivity index (χ0n) is 16.4. The Balaban J connectivity index is 0.00000182. The van der Waals surface area contributed by atoms with Crippen molar-refractivity contribution in [2.24, 2.45) is 52.1 Å². The Morgan fingerprint density at radius 3 is 2.48 bits per heavy atom. The van der Waals surface area contributed by atoms with Gasteiger partial charge in [-0.2, -0.15) is 0 Å². The van der Waals surface area contributed by atoms with Crippen LogP contribution in [0.3, 0.4) is 0 Å². The summed E-state index contributed by atoms with van der Waals surface area (Å²) in [5.74, 6) is 4.33. The molecule has 3 heteroatoms. The average Bonchev–Trinajstić information content (AvgIpc) is 2.87. The van der Waals surface area contributed by atoms with Crippen molar-refractivity contribution in [2.75, 3.05) is 0 Å². The molecule has 4 fully saturated rings. The number of primary amides is 1. The molecule has 4 saturated carbocycles. The number of amides is 1. The van der Waals surface area contributed by atoms with E-state index < -0.39 is 0 Å². The molecule has 144 valence electrons. The standard InChI is InChI=1S/C22H37NO.ClH/c1-4-14-13-18(20(23)24)22(3)12-10-17-16(19(14)22)9-8-15-7-5-6-11-21(15,17)2;/h14-19H,4-13H2,1-3H3,(H2,23,24);1H/t14?,15-,16-,17+,18?,19+,21+,22-;/m1./s1. The molecule has 8 atom stereocenters. The first-order valence-corrected chi connectivity index (χ1v) is 10.7. The molecule has 0 radical (unpaired) electrons. The summed E-state index contributed by atoms with van der Waals surface area (Å²) in [7, 11) is 0. The highest BCUT2D eigenvalue weighted by Crippen LogP contribution is 2.68. The largest absolute Gasteiger partial charge is 0.369 e. The molecular formula is C22H38ClNO. The van der Waals surface area contributed by atoms with Gasteiger partial charge in [-0.3, -0.25) is 4.79 Å². The summed E-state index contributed by atoms with van der Waals surface area (Å²) >= 11 is 0. The number of halogens is 1. The van der Waals surface area contributed by atoms with Gasteiger partial charge in [0, 0.05) is 5.92 Å².